The van der Waals surface area contributed by atoms with Crippen LogP contribution in [0.2, 0.25) is 0 Å². The highest BCUT2D eigenvalue weighted by Crippen LogP contribution is 2.24. The summed E-state index contributed by atoms with van der Waals surface area (Å²) in [7, 11) is 1.76. The lowest BCUT2D eigenvalue weighted by atomic mass is 10.1. The fraction of sp³-hybridized carbons (Fsp3) is 0.429. The molecule has 0 bridgehead atoms. The molecule has 41 heavy (non-hydrogen) atoms. The number of likely N-dealkylation sites (N-methyl/N-ethyl adjacent to an activating group) is 2. The van der Waals surface area contributed by atoms with Crippen LogP contribution in [0, 0.1) is 6.92 Å². The fourth-order valence-corrected chi connectivity index (χ4v) is 4.53. The first kappa shape index (κ1) is 33.8. The zero-order chi connectivity index (χ0) is 27.9. The molecule has 4 rings (SSSR count). The average molecular weight is 609 g/mol. The molecule has 11 nitrogen and oxygen atoms in total. The maximum Gasteiger partial charge on any atom is 0.437 e. The number of hydrogen-bond donors (Lipinski definition) is 2. The van der Waals surface area contributed by atoms with Gasteiger partial charge >= 0.3 is 5.76 Å². The lowest BCUT2D eigenvalue weighted by Crippen LogP contribution is -2.49. The number of anilines is 1. The molecule has 0 radical (unpaired) electrons. The fourth-order valence-electron chi connectivity index (χ4n) is 4.53. The van der Waals surface area contributed by atoms with Gasteiger partial charge in [-0.25, -0.2) is 9.80 Å². The van der Waals surface area contributed by atoms with Crippen LogP contribution in [0.1, 0.15) is 30.5 Å². The van der Waals surface area contributed by atoms with Gasteiger partial charge in [0.1, 0.15) is 6.54 Å². The topological polar surface area (TPSA) is 116 Å². The number of halogens is 2. The van der Waals surface area contributed by atoms with Crippen LogP contribution in [-0.4, -0.2) is 76.3 Å². The molecule has 224 valence electrons. The largest absolute Gasteiger partial charge is 0.437 e. The Kier molecular flexibility index (Phi) is 12.8. The number of carbonyl (C=O) groups is 2. The van der Waals surface area contributed by atoms with Crippen molar-refractivity contribution >= 4 is 42.3 Å². The molecule has 1 aliphatic heterocycles. The van der Waals surface area contributed by atoms with Crippen molar-refractivity contribution in [2.45, 2.75) is 40.4 Å². The van der Waals surface area contributed by atoms with E-state index in [1.54, 1.807) is 23.0 Å². The Labute approximate surface area is 252 Å². The van der Waals surface area contributed by atoms with Gasteiger partial charge in [0.15, 0.2) is 0 Å². The number of amides is 2. The van der Waals surface area contributed by atoms with Crippen LogP contribution in [0.3, 0.4) is 0 Å². The highest BCUT2D eigenvalue weighted by Gasteiger charge is 2.27. The van der Waals surface area contributed by atoms with Crippen LogP contribution in [-0.2, 0) is 29.2 Å². The molecule has 0 saturated heterocycles. The minimum atomic E-state index is -0.495. The summed E-state index contributed by atoms with van der Waals surface area (Å²) >= 11 is 0. The summed E-state index contributed by atoms with van der Waals surface area (Å²) < 4.78 is 6.51. The number of rotatable bonds is 12. The summed E-state index contributed by atoms with van der Waals surface area (Å²) in [6.07, 6.45) is 0. The molecule has 3 aromatic rings. The summed E-state index contributed by atoms with van der Waals surface area (Å²) in [4.78, 5) is 39.8. The highest BCUT2D eigenvalue weighted by molar-refractivity contribution is 5.87. The van der Waals surface area contributed by atoms with Crippen molar-refractivity contribution < 1.29 is 14.0 Å². The van der Waals surface area contributed by atoms with Gasteiger partial charge in [0.25, 0.3) is 5.91 Å². The maximum absolute atomic E-state index is 13.2. The van der Waals surface area contributed by atoms with Crippen molar-refractivity contribution in [2.75, 3.05) is 45.1 Å². The minimum Gasteiger partial charge on any atom is -0.388 e. The normalized spacial score (nSPS) is 12.2. The van der Waals surface area contributed by atoms with Gasteiger partial charge in [-0.2, -0.15) is 4.68 Å². The standard InChI is InChI=1S/C28H37N7O4.2ClH/c1-5-29-13-14-33(19-26(37)32(4)34-17-22-9-7-8-10-23(22)18-34)25(36)16-30-24-12-11-21(15-20(24)3)27-31-35(6-2)28(38)39-27;;/h7-12,15,29-30H,5-6,13-14,16-19H2,1-4H3;2*1H. The van der Waals surface area contributed by atoms with Gasteiger partial charge in [-0.15, -0.1) is 29.9 Å². The van der Waals surface area contributed by atoms with Crippen molar-refractivity contribution in [3.8, 4) is 11.5 Å². The van der Waals surface area contributed by atoms with Crippen molar-refractivity contribution in [2.24, 2.45) is 0 Å². The van der Waals surface area contributed by atoms with Crippen LogP contribution < -0.4 is 16.4 Å². The quantitative estimate of drug-likeness (QED) is 0.302. The molecule has 1 aliphatic rings. The van der Waals surface area contributed by atoms with Gasteiger partial charge in [-0.05, 0) is 55.3 Å². The van der Waals surface area contributed by atoms with Crippen LogP contribution in [0.5, 0.6) is 0 Å². The Morgan fingerprint density at radius 1 is 1.05 bits per heavy atom. The third-order valence-corrected chi connectivity index (χ3v) is 6.91. The van der Waals surface area contributed by atoms with Gasteiger partial charge in [-0.1, -0.05) is 31.2 Å². The second-order valence-electron chi connectivity index (χ2n) is 9.55. The first-order valence-electron chi connectivity index (χ1n) is 13.3. The number of hydrogen-bond acceptors (Lipinski definition) is 8. The molecule has 2 heterocycles. The van der Waals surface area contributed by atoms with Crippen LogP contribution in [0.25, 0.3) is 11.5 Å². The minimum absolute atomic E-state index is 0. The van der Waals surface area contributed by atoms with Crippen LogP contribution in [0.15, 0.2) is 51.7 Å². The van der Waals surface area contributed by atoms with E-state index in [9.17, 15) is 14.4 Å². The Bertz CT molecular complexity index is 1350. The predicted octanol–water partition coefficient (Wildman–Crippen LogP) is 2.91. The van der Waals surface area contributed by atoms with Crippen molar-refractivity contribution in [1.29, 1.82) is 0 Å². The van der Waals surface area contributed by atoms with E-state index in [4.69, 9.17) is 4.42 Å². The molecule has 0 atom stereocenters. The first-order chi connectivity index (χ1) is 18.8. The van der Waals surface area contributed by atoms with Crippen molar-refractivity contribution in [1.82, 2.24) is 30.0 Å². The number of aryl methyl sites for hydroxylation is 2. The van der Waals surface area contributed by atoms with E-state index in [1.807, 2.05) is 50.0 Å². The number of carbonyl (C=O) groups excluding carboxylic acids is 2. The summed E-state index contributed by atoms with van der Waals surface area (Å²) in [5, 5.41) is 14.2. The summed E-state index contributed by atoms with van der Waals surface area (Å²) in [5.41, 5.74) is 4.75. The van der Waals surface area contributed by atoms with Gasteiger partial charge in [0.05, 0.1) is 6.54 Å². The highest BCUT2D eigenvalue weighted by atomic mass is 35.5. The average Bonchev–Trinajstić information content (AvgIpc) is 3.54. The second kappa shape index (κ2) is 15.6. The Hall–Kier alpha value is -3.38. The molecular formula is C28H39Cl2N7O4. The Morgan fingerprint density at radius 3 is 2.32 bits per heavy atom. The third kappa shape index (κ3) is 8.32. The Balaban J connectivity index is 0.00000294. The molecular weight excluding hydrogens is 569 g/mol. The van der Waals surface area contributed by atoms with Crippen LogP contribution in [0.4, 0.5) is 5.69 Å². The van der Waals surface area contributed by atoms with Crippen LogP contribution >= 0.6 is 24.8 Å². The van der Waals surface area contributed by atoms with E-state index in [2.05, 4.69) is 27.9 Å². The predicted molar refractivity (Wildman–Crippen MR) is 163 cm³/mol. The number of benzene rings is 2. The summed E-state index contributed by atoms with van der Waals surface area (Å²) in [6, 6.07) is 13.6. The molecule has 0 spiro atoms. The monoisotopic (exact) mass is 607 g/mol. The number of hydrazine groups is 1. The van der Waals surface area contributed by atoms with E-state index in [1.165, 1.54) is 15.8 Å². The molecule has 2 N–H and O–H groups in total. The Morgan fingerprint density at radius 2 is 1.73 bits per heavy atom. The zero-order valence-electron chi connectivity index (χ0n) is 23.9. The van der Waals surface area contributed by atoms with E-state index < -0.39 is 5.76 Å². The van der Waals surface area contributed by atoms with Gasteiger partial charge in [0.2, 0.25) is 11.8 Å². The van der Waals surface area contributed by atoms with E-state index in [0.29, 0.717) is 38.3 Å². The molecule has 0 unspecified atom stereocenters. The molecule has 0 saturated carbocycles. The summed E-state index contributed by atoms with van der Waals surface area (Å²) in [6.45, 7) is 9.32. The smallest absolute Gasteiger partial charge is 0.388 e. The number of fused-ring (bicyclic) bond motifs is 1. The van der Waals surface area contributed by atoms with Crippen molar-refractivity contribution in [3.05, 3.63) is 69.7 Å². The first-order valence-corrected chi connectivity index (χ1v) is 13.3. The molecule has 2 aromatic carbocycles. The number of aromatic nitrogens is 2. The molecule has 2 amide bonds. The van der Waals surface area contributed by atoms with Gasteiger partial charge < -0.3 is 20.0 Å². The maximum atomic E-state index is 13.2. The molecule has 13 heteroatoms. The number of nitrogens with zero attached hydrogens (tertiary/aromatic N) is 5. The molecule has 1 aromatic heterocycles. The van der Waals surface area contributed by atoms with Gasteiger partial charge in [-0.3, -0.25) is 14.6 Å². The lowest BCUT2D eigenvalue weighted by Gasteiger charge is -2.31. The molecule has 0 fully saturated rings. The SMILES string of the molecule is CCNCCN(CC(=O)N(C)N1Cc2ccccc2C1)C(=O)CNc1ccc(-c2nn(CC)c(=O)o2)cc1C.Cl.Cl. The lowest BCUT2D eigenvalue weighted by molar-refractivity contribution is -0.151. The summed E-state index contributed by atoms with van der Waals surface area (Å²) in [5.74, 6) is -0.548. The number of nitrogens with one attached hydrogen (secondary N) is 2. The second-order valence-corrected chi connectivity index (χ2v) is 9.55. The van der Waals surface area contributed by atoms with Gasteiger partial charge in [0, 0.05) is 51.0 Å². The van der Waals surface area contributed by atoms with E-state index >= 15 is 0 Å². The third-order valence-electron chi connectivity index (χ3n) is 6.91. The van der Waals surface area contributed by atoms with Crippen molar-refractivity contribution in [3.63, 3.8) is 0 Å². The molecule has 0 aliphatic carbocycles. The van der Waals surface area contributed by atoms with E-state index in [0.717, 1.165) is 17.8 Å². The zero-order valence-corrected chi connectivity index (χ0v) is 25.5. The van der Waals surface area contributed by atoms with E-state index in [-0.39, 0.29) is 55.6 Å².